The van der Waals surface area contributed by atoms with E-state index < -0.39 is 52.9 Å². The molecule has 6 N–H and O–H groups in total. The lowest BCUT2D eigenvalue weighted by Crippen LogP contribution is -2.66. The minimum atomic E-state index is -4.61. The first-order valence-corrected chi connectivity index (χ1v) is 19.8. The van der Waals surface area contributed by atoms with E-state index >= 15 is 0 Å². The predicted octanol–water partition coefficient (Wildman–Crippen LogP) is 6.05. The van der Waals surface area contributed by atoms with Crippen LogP contribution in [0.25, 0.3) is 10.9 Å². The predicted molar refractivity (Wildman–Crippen MR) is 208 cm³/mol. The van der Waals surface area contributed by atoms with Gasteiger partial charge in [-0.2, -0.15) is 13.2 Å². The molecule has 56 heavy (non-hydrogen) atoms. The van der Waals surface area contributed by atoms with Gasteiger partial charge >= 0.3 is 6.18 Å². The van der Waals surface area contributed by atoms with Crippen LogP contribution in [0.2, 0.25) is 0 Å². The Morgan fingerprint density at radius 3 is 2.38 bits per heavy atom. The van der Waals surface area contributed by atoms with Gasteiger partial charge in [-0.05, 0) is 66.7 Å². The van der Waals surface area contributed by atoms with E-state index in [0.29, 0.717) is 41.3 Å². The molecule has 1 saturated heterocycles. The van der Waals surface area contributed by atoms with Gasteiger partial charge in [0.25, 0.3) is 0 Å². The molecule has 1 aliphatic heterocycles. The van der Waals surface area contributed by atoms with Crippen LogP contribution >= 0.6 is 0 Å². The highest BCUT2D eigenvalue weighted by Gasteiger charge is 2.47. The normalized spacial score (nSPS) is 19.6. The average molecular weight is 785 g/mol. The summed E-state index contributed by atoms with van der Waals surface area (Å²) in [5, 5.41) is 16.0. The van der Waals surface area contributed by atoms with Crippen molar-refractivity contribution in [3.05, 3.63) is 83.1 Å². The number of fused-ring (bicyclic) bond motifs is 3. The molecule has 1 fully saturated rings. The first kappa shape index (κ1) is 42.6. The third-order valence-corrected chi connectivity index (χ3v) is 11.7. The molecule has 2 unspecified atom stereocenters. The van der Waals surface area contributed by atoms with Crippen molar-refractivity contribution in [2.45, 2.75) is 103 Å². The molecular formula is C42H56F4N6O4. The number of benzene rings is 2. The van der Waals surface area contributed by atoms with Crippen LogP contribution in [-0.2, 0) is 44.6 Å². The Morgan fingerprint density at radius 2 is 1.70 bits per heavy atom. The number of carbonyl (C=O) groups is 3. The summed E-state index contributed by atoms with van der Waals surface area (Å²) in [7, 11) is 0. The number of H-pyrrole nitrogens is 1. The van der Waals surface area contributed by atoms with Gasteiger partial charge in [0.2, 0.25) is 17.7 Å². The minimum absolute atomic E-state index is 0.00499. The topological polar surface area (TPSA) is 136 Å². The van der Waals surface area contributed by atoms with E-state index in [1.54, 1.807) is 19.1 Å². The van der Waals surface area contributed by atoms with Crippen molar-refractivity contribution < 1.29 is 36.7 Å². The molecule has 5 atom stereocenters. The van der Waals surface area contributed by atoms with Gasteiger partial charge in [-0.3, -0.25) is 14.4 Å². The summed E-state index contributed by atoms with van der Waals surface area (Å²) in [6, 6.07) is 8.35. The highest BCUT2D eigenvalue weighted by molar-refractivity contribution is 5.97. The van der Waals surface area contributed by atoms with Gasteiger partial charge in [-0.15, -0.1) is 0 Å². The zero-order valence-electron chi connectivity index (χ0n) is 32.8. The van der Waals surface area contributed by atoms with Crippen LogP contribution in [0.1, 0.15) is 82.2 Å². The number of carbonyl (C=O) groups excluding carboxylic acids is 3. The van der Waals surface area contributed by atoms with Crippen molar-refractivity contribution in [3.63, 3.8) is 0 Å². The number of nitrogens with one attached hydrogen (secondary N) is 6. The summed E-state index contributed by atoms with van der Waals surface area (Å²) in [6.07, 6.45) is -1.58. The second-order valence-electron chi connectivity index (χ2n) is 15.5. The quantitative estimate of drug-likeness (QED) is 0.0924. The fourth-order valence-electron chi connectivity index (χ4n) is 7.62. The van der Waals surface area contributed by atoms with E-state index in [4.69, 9.17) is 4.74 Å². The molecule has 0 radical (unpaired) electrons. The Hall–Kier alpha value is -4.59. The van der Waals surface area contributed by atoms with Crippen molar-refractivity contribution in [1.82, 2.24) is 31.6 Å². The molecule has 1 aromatic heterocycles. The van der Waals surface area contributed by atoms with Crippen LogP contribution in [0.4, 0.5) is 17.6 Å². The van der Waals surface area contributed by atoms with Crippen LogP contribution < -0.4 is 26.6 Å². The molecule has 0 saturated carbocycles. The monoisotopic (exact) mass is 784 g/mol. The number of aryl methyl sites for hydroxylation is 1. The van der Waals surface area contributed by atoms with Crippen LogP contribution in [0.15, 0.2) is 54.9 Å². The molecule has 2 heterocycles. The molecule has 5 rings (SSSR count). The lowest BCUT2D eigenvalue weighted by molar-refractivity contribution is -0.137. The van der Waals surface area contributed by atoms with Crippen molar-refractivity contribution in [2.75, 3.05) is 26.3 Å². The maximum Gasteiger partial charge on any atom is 0.418 e. The fourth-order valence-corrected chi connectivity index (χ4v) is 7.62. The number of hydrogen-bond donors (Lipinski definition) is 6. The zero-order chi connectivity index (χ0) is 40.6. The highest BCUT2D eigenvalue weighted by Crippen LogP contribution is 2.40. The van der Waals surface area contributed by atoms with Gasteiger partial charge in [0.1, 0.15) is 17.4 Å². The lowest BCUT2D eigenvalue weighted by Gasteiger charge is -2.40. The summed E-state index contributed by atoms with van der Waals surface area (Å²) in [6.45, 7) is 14.3. The molecule has 1 aliphatic carbocycles. The minimum Gasteiger partial charge on any atom is -0.381 e. The summed E-state index contributed by atoms with van der Waals surface area (Å²) < 4.78 is 62.2. The highest BCUT2D eigenvalue weighted by atomic mass is 19.4. The van der Waals surface area contributed by atoms with E-state index in [-0.39, 0.29) is 48.6 Å². The first-order valence-electron chi connectivity index (χ1n) is 19.8. The molecule has 10 nitrogen and oxygen atoms in total. The van der Waals surface area contributed by atoms with Gasteiger partial charge < -0.3 is 36.3 Å². The maximum atomic E-state index is 14.8. The van der Waals surface area contributed by atoms with Gasteiger partial charge in [0.05, 0.1) is 23.3 Å². The summed E-state index contributed by atoms with van der Waals surface area (Å²) in [5.41, 5.74) is -1.21. The second kappa shape index (κ2) is 18.6. The smallest absolute Gasteiger partial charge is 0.381 e. The van der Waals surface area contributed by atoms with Crippen LogP contribution in [-0.4, -0.2) is 66.6 Å². The SMILES string of the molecule is C=C(NCC1CCOCC1)NC[C@@H](NC(=O)[C@@]1(NC(=O)[C@@H](NC(=O)Cc2ccccc2F)C(C)CC)CCc2[nH]c3c(C(F)(F)F)cccc3c2C1)C(C)CC. The average Bonchev–Trinajstić information content (AvgIpc) is 3.55. The van der Waals surface area contributed by atoms with E-state index in [1.807, 2.05) is 20.8 Å². The largest absolute Gasteiger partial charge is 0.418 e. The van der Waals surface area contributed by atoms with Gasteiger partial charge in [-0.25, -0.2) is 4.39 Å². The maximum absolute atomic E-state index is 14.8. The molecular weight excluding hydrogens is 728 g/mol. The number of rotatable bonds is 17. The summed E-state index contributed by atoms with van der Waals surface area (Å²) in [5.74, 6) is -1.50. The third-order valence-electron chi connectivity index (χ3n) is 11.7. The van der Waals surface area contributed by atoms with Gasteiger partial charge in [0, 0.05) is 49.8 Å². The van der Waals surface area contributed by atoms with Crippen molar-refractivity contribution >= 4 is 28.6 Å². The second-order valence-corrected chi connectivity index (χ2v) is 15.5. The number of ether oxygens (including phenoxy) is 1. The van der Waals surface area contributed by atoms with Gasteiger partial charge in [0.15, 0.2) is 0 Å². The number of hydrogen-bond acceptors (Lipinski definition) is 6. The Bertz CT molecular complexity index is 1860. The number of para-hydroxylation sites is 1. The van der Waals surface area contributed by atoms with Crippen LogP contribution in [0.3, 0.4) is 0 Å². The molecule has 3 aromatic rings. The van der Waals surface area contributed by atoms with Crippen LogP contribution in [0, 0.1) is 23.6 Å². The standard InChI is InChI=1S/C42H56F4N6O4/c1-6-25(3)35(24-48-27(5)47-23-28-16-19-56-20-17-28)50-40(55)41(18-15-34-31(22-41)30-12-10-13-32(38(30)49-34)42(44,45)46)52-39(54)37(26(4)7-2)51-36(53)21-29-11-8-9-14-33(29)43/h8-14,25-26,28,35,37,47-49H,5-7,15-24H2,1-4H3,(H,50,55)(H,51,53)(H,52,54)/t25?,26?,35-,37+,41-/m1/s1. The molecule has 14 heteroatoms. The Kier molecular flexibility index (Phi) is 14.1. The zero-order valence-corrected chi connectivity index (χ0v) is 32.8. The van der Waals surface area contributed by atoms with E-state index in [0.717, 1.165) is 45.1 Å². The Labute approximate surface area is 326 Å². The number of amides is 3. The number of aromatic amines is 1. The number of aromatic nitrogens is 1. The molecule has 2 aromatic carbocycles. The van der Waals surface area contributed by atoms with Crippen molar-refractivity contribution in [3.8, 4) is 0 Å². The Balaban J connectivity index is 1.42. The van der Waals surface area contributed by atoms with Gasteiger partial charge in [-0.1, -0.05) is 77.4 Å². The van der Waals surface area contributed by atoms with E-state index in [1.165, 1.54) is 24.3 Å². The first-order chi connectivity index (χ1) is 26.7. The number of halogens is 4. The molecule has 2 aliphatic rings. The summed E-state index contributed by atoms with van der Waals surface area (Å²) in [4.78, 5) is 45.4. The van der Waals surface area contributed by atoms with E-state index in [2.05, 4.69) is 38.1 Å². The fraction of sp³-hybridized carbons (Fsp3) is 0.548. The summed E-state index contributed by atoms with van der Waals surface area (Å²) >= 11 is 0. The molecule has 0 bridgehead atoms. The van der Waals surface area contributed by atoms with Crippen LogP contribution in [0.5, 0.6) is 0 Å². The van der Waals surface area contributed by atoms with E-state index in [9.17, 15) is 31.9 Å². The molecule has 3 amide bonds. The van der Waals surface area contributed by atoms with Crippen molar-refractivity contribution in [1.29, 1.82) is 0 Å². The molecule has 306 valence electrons. The third kappa shape index (κ3) is 10.2. The van der Waals surface area contributed by atoms with Crippen molar-refractivity contribution in [2.24, 2.45) is 17.8 Å². The number of alkyl halides is 3. The molecule has 0 spiro atoms. The Morgan fingerprint density at radius 1 is 0.982 bits per heavy atom. The lowest BCUT2D eigenvalue weighted by atomic mass is 9.78.